The molecule has 4 rings (SSSR count). The number of halogens is 1. The van der Waals surface area contributed by atoms with Gasteiger partial charge in [-0.05, 0) is 30.0 Å². The average Bonchev–Trinajstić information content (AvgIpc) is 2.79. The van der Waals surface area contributed by atoms with Crippen molar-refractivity contribution < 1.29 is 4.39 Å². The third-order valence-corrected chi connectivity index (χ3v) is 3.82. The van der Waals surface area contributed by atoms with E-state index in [1.54, 1.807) is 6.07 Å². The summed E-state index contributed by atoms with van der Waals surface area (Å²) in [5, 5.41) is 1.03. The molecule has 1 aliphatic carbocycles. The SMILES string of the molecule is Fc1cccc2c3c([nH]c12)-c1ccccc1CC3. The first-order valence-electron chi connectivity index (χ1n) is 6.22. The van der Waals surface area contributed by atoms with E-state index in [0.717, 1.165) is 23.9 Å². The Morgan fingerprint density at radius 2 is 1.83 bits per heavy atom. The maximum atomic E-state index is 13.8. The number of H-pyrrole nitrogens is 1. The van der Waals surface area contributed by atoms with Crippen LogP contribution in [0.25, 0.3) is 22.2 Å². The number of nitrogens with one attached hydrogen (secondary N) is 1. The second-order valence-corrected chi connectivity index (χ2v) is 4.80. The van der Waals surface area contributed by atoms with Gasteiger partial charge in [0.1, 0.15) is 5.82 Å². The van der Waals surface area contributed by atoms with E-state index in [0.29, 0.717) is 5.52 Å². The molecule has 0 atom stereocenters. The molecule has 3 aromatic rings. The molecule has 88 valence electrons. The number of benzene rings is 2. The van der Waals surface area contributed by atoms with Crippen LogP contribution in [-0.2, 0) is 12.8 Å². The van der Waals surface area contributed by atoms with E-state index in [-0.39, 0.29) is 5.82 Å². The third-order valence-electron chi connectivity index (χ3n) is 3.82. The van der Waals surface area contributed by atoms with Gasteiger partial charge < -0.3 is 4.98 Å². The number of para-hydroxylation sites is 1. The van der Waals surface area contributed by atoms with E-state index in [4.69, 9.17) is 0 Å². The molecule has 1 aliphatic rings. The molecule has 1 nitrogen and oxygen atoms in total. The highest BCUT2D eigenvalue weighted by Crippen LogP contribution is 2.37. The first kappa shape index (κ1) is 9.89. The minimum absolute atomic E-state index is 0.167. The summed E-state index contributed by atoms with van der Waals surface area (Å²) in [5.74, 6) is -0.167. The van der Waals surface area contributed by atoms with E-state index >= 15 is 0 Å². The first-order chi connectivity index (χ1) is 8.84. The third kappa shape index (κ3) is 1.20. The van der Waals surface area contributed by atoms with Gasteiger partial charge in [-0.2, -0.15) is 0 Å². The minimum atomic E-state index is -0.167. The van der Waals surface area contributed by atoms with E-state index in [2.05, 4.69) is 23.2 Å². The van der Waals surface area contributed by atoms with E-state index in [1.807, 2.05) is 12.1 Å². The zero-order chi connectivity index (χ0) is 12.1. The van der Waals surface area contributed by atoms with Gasteiger partial charge in [0, 0.05) is 10.9 Å². The molecule has 0 amide bonds. The molecule has 0 radical (unpaired) electrons. The summed E-state index contributed by atoms with van der Waals surface area (Å²) < 4.78 is 13.8. The van der Waals surface area contributed by atoms with Crippen molar-refractivity contribution in [1.29, 1.82) is 0 Å². The fraction of sp³-hybridized carbons (Fsp3) is 0.125. The lowest BCUT2D eigenvalue weighted by atomic mass is 9.89. The van der Waals surface area contributed by atoms with Crippen molar-refractivity contribution in [3.63, 3.8) is 0 Å². The summed E-state index contributed by atoms with van der Waals surface area (Å²) in [6.07, 6.45) is 2.02. The molecular formula is C16H12FN. The van der Waals surface area contributed by atoms with Gasteiger partial charge >= 0.3 is 0 Å². The number of aryl methyl sites for hydroxylation is 2. The summed E-state index contributed by atoms with van der Waals surface area (Å²) >= 11 is 0. The van der Waals surface area contributed by atoms with Crippen LogP contribution >= 0.6 is 0 Å². The van der Waals surface area contributed by atoms with E-state index in [1.165, 1.54) is 22.8 Å². The van der Waals surface area contributed by atoms with Crippen LogP contribution in [0.2, 0.25) is 0 Å². The maximum absolute atomic E-state index is 13.8. The molecule has 2 aromatic carbocycles. The molecule has 18 heavy (non-hydrogen) atoms. The van der Waals surface area contributed by atoms with Gasteiger partial charge in [-0.1, -0.05) is 36.4 Å². The quantitative estimate of drug-likeness (QED) is 0.606. The summed E-state index contributed by atoms with van der Waals surface area (Å²) in [7, 11) is 0. The molecule has 1 heterocycles. The highest BCUT2D eigenvalue weighted by Gasteiger charge is 2.20. The summed E-state index contributed by atoms with van der Waals surface area (Å²) in [6.45, 7) is 0. The van der Waals surface area contributed by atoms with Crippen molar-refractivity contribution in [2.24, 2.45) is 0 Å². The Hall–Kier alpha value is -2.09. The highest BCUT2D eigenvalue weighted by molar-refractivity contribution is 5.92. The molecule has 0 saturated carbocycles. The maximum Gasteiger partial charge on any atom is 0.147 e. The molecule has 0 aliphatic heterocycles. The van der Waals surface area contributed by atoms with Crippen LogP contribution in [0.5, 0.6) is 0 Å². The van der Waals surface area contributed by atoms with Crippen molar-refractivity contribution in [2.75, 3.05) is 0 Å². The predicted octanol–water partition coefficient (Wildman–Crippen LogP) is 4.07. The molecule has 0 saturated heterocycles. The second-order valence-electron chi connectivity index (χ2n) is 4.80. The van der Waals surface area contributed by atoms with Crippen LogP contribution in [0, 0.1) is 5.82 Å². The predicted molar refractivity (Wildman–Crippen MR) is 71.1 cm³/mol. The standard InChI is InChI=1S/C16H12FN/c17-14-7-3-6-12-13-9-8-10-4-1-2-5-11(10)15(13)18-16(12)14/h1-7,18H,8-9H2. The van der Waals surface area contributed by atoms with E-state index in [9.17, 15) is 4.39 Å². The van der Waals surface area contributed by atoms with Gasteiger partial charge in [0.15, 0.2) is 0 Å². The Bertz CT molecular complexity index is 755. The van der Waals surface area contributed by atoms with Crippen LogP contribution in [-0.4, -0.2) is 4.98 Å². The number of rotatable bonds is 0. The number of aromatic amines is 1. The zero-order valence-corrected chi connectivity index (χ0v) is 9.83. The lowest BCUT2D eigenvalue weighted by Crippen LogP contribution is -2.02. The van der Waals surface area contributed by atoms with E-state index < -0.39 is 0 Å². The number of fused-ring (bicyclic) bond motifs is 5. The van der Waals surface area contributed by atoms with Gasteiger partial charge in [-0.15, -0.1) is 0 Å². The van der Waals surface area contributed by atoms with Gasteiger partial charge in [-0.3, -0.25) is 0 Å². The Kier molecular flexibility index (Phi) is 1.90. The molecule has 0 unspecified atom stereocenters. The van der Waals surface area contributed by atoms with Crippen molar-refractivity contribution in [2.45, 2.75) is 12.8 Å². The van der Waals surface area contributed by atoms with Crippen molar-refractivity contribution >= 4 is 10.9 Å². The topological polar surface area (TPSA) is 15.8 Å². The van der Waals surface area contributed by atoms with Crippen LogP contribution in [0.15, 0.2) is 42.5 Å². The Morgan fingerprint density at radius 1 is 0.944 bits per heavy atom. The Labute approximate surface area is 104 Å². The van der Waals surface area contributed by atoms with Crippen LogP contribution in [0.4, 0.5) is 4.39 Å². The van der Waals surface area contributed by atoms with Gasteiger partial charge in [-0.25, -0.2) is 4.39 Å². The molecule has 0 spiro atoms. The van der Waals surface area contributed by atoms with Gasteiger partial charge in [0.2, 0.25) is 0 Å². The zero-order valence-electron chi connectivity index (χ0n) is 9.83. The summed E-state index contributed by atoms with van der Waals surface area (Å²) in [4.78, 5) is 3.27. The molecule has 2 heteroatoms. The fourth-order valence-electron chi connectivity index (χ4n) is 2.97. The lowest BCUT2D eigenvalue weighted by Gasteiger charge is -2.16. The van der Waals surface area contributed by atoms with Crippen molar-refractivity contribution in [3.8, 4) is 11.3 Å². The van der Waals surface area contributed by atoms with Gasteiger partial charge in [0.25, 0.3) is 0 Å². The lowest BCUT2D eigenvalue weighted by molar-refractivity contribution is 0.637. The van der Waals surface area contributed by atoms with Crippen LogP contribution in [0.3, 0.4) is 0 Å². The van der Waals surface area contributed by atoms with Gasteiger partial charge in [0.05, 0.1) is 11.2 Å². The normalized spacial score (nSPS) is 13.4. The monoisotopic (exact) mass is 237 g/mol. The molecule has 1 N–H and O–H groups in total. The van der Waals surface area contributed by atoms with Crippen molar-refractivity contribution in [3.05, 3.63) is 59.4 Å². The fourth-order valence-corrected chi connectivity index (χ4v) is 2.97. The van der Waals surface area contributed by atoms with Crippen LogP contribution in [0.1, 0.15) is 11.1 Å². The highest BCUT2D eigenvalue weighted by atomic mass is 19.1. The summed E-state index contributed by atoms with van der Waals surface area (Å²) in [6, 6.07) is 13.7. The Balaban J connectivity index is 2.11. The average molecular weight is 237 g/mol. The summed E-state index contributed by atoms with van der Waals surface area (Å²) in [5.41, 5.74) is 5.55. The number of hydrogen-bond acceptors (Lipinski definition) is 0. The molecule has 1 aromatic heterocycles. The van der Waals surface area contributed by atoms with Crippen LogP contribution < -0.4 is 0 Å². The smallest absolute Gasteiger partial charge is 0.147 e. The largest absolute Gasteiger partial charge is 0.352 e. The second kappa shape index (κ2) is 3.45. The molecule has 0 bridgehead atoms. The first-order valence-corrected chi connectivity index (χ1v) is 6.22. The Morgan fingerprint density at radius 3 is 2.78 bits per heavy atom. The number of aromatic nitrogens is 1. The van der Waals surface area contributed by atoms with Crippen molar-refractivity contribution in [1.82, 2.24) is 4.98 Å². The molecular weight excluding hydrogens is 225 g/mol. The molecule has 0 fully saturated rings. The minimum Gasteiger partial charge on any atom is -0.352 e. The number of hydrogen-bond donors (Lipinski definition) is 1.